The molecule has 1 aliphatic heterocycles. The highest BCUT2D eigenvalue weighted by Gasteiger charge is 2.29. The summed E-state index contributed by atoms with van der Waals surface area (Å²) in [7, 11) is 0. The molecule has 2 atom stereocenters. The summed E-state index contributed by atoms with van der Waals surface area (Å²) < 4.78 is 0. The lowest BCUT2D eigenvalue weighted by atomic mass is 10.0. The summed E-state index contributed by atoms with van der Waals surface area (Å²) in [5.41, 5.74) is 8.18. The van der Waals surface area contributed by atoms with Crippen LogP contribution in [0.1, 0.15) is 31.7 Å². The Morgan fingerprint density at radius 3 is 3.00 bits per heavy atom. The van der Waals surface area contributed by atoms with Crippen molar-refractivity contribution < 1.29 is 9.90 Å². The fraction of sp³-hybridized carbons (Fsp3) is 0.562. The molecule has 0 aromatic heterocycles. The smallest absolute Gasteiger partial charge is 0.241 e. The van der Waals surface area contributed by atoms with Crippen LogP contribution in [0.5, 0.6) is 0 Å². The first-order chi connectivity index (χ1) is 10.0. The van der Waals surface area contributed by atoms with Gasteiger partial charge in [-0.15, -0.1) is 0 Å². The zero-order chi connectivity index (χ0) is 15.4. The van der Waals surface area contributed by atoms with Gasteiger partial charge in [0, 0.05) is 17.4 Å². The molecule has 2 unspecified atom stereocenters. The number of aliphatic hydroxyl groups is 1. The van der Waals surface area contributed by atoms with Gasteiger partial charge in [0.25, 0.3) is 0 Å². The summed E-state index contributed by atoms with van der Waals surface area (Å²) in [5.74, 6) is -0.0518. The number of anilines is 2. The van der Waals surface area contributed by atoms with Crippen LogP contribution in [0.4, 0.5) is 11.4 Å². The van der Waals surface area contributed by atoms with Gasteiger partial charge in [-0.05, 0) is 50.9 Å². The number of rotatable bonds is 4. The van der Waals surface area contributed by atoms with E-state index < -0.39 is 0 Å². The summed E-state index contributed by atoms with van der Waals surface area (Å²) in [6, 6.07) is 5.33. The van der Waals surface area contributed by atoms with Crippen molar-refractivity contribution in [3.05, 3.63) is 23.8 Å². The second-order valence-corrected chi connectivity index (χ2v) is 5.76. The quantitative estimate of drug-likeness (QED) is 0.739. The fourth-order valence-electron chi connectivity index (χ4n) is 2.91. The molecule has 1 aromatic carbocycles. The van der Waals surface area contributed by atoms with E-state index in [4.69, 9.17) is 5.73 Å². The Labute approximate surface area is 126 Å². The second-order valence-electron chi connectivity index (χ2n) is 5.76. The molecule has 1 aliphatic rings. The number of amides is 1. The second kappa shape index (κ2) is 6.91. The van der Waals surface area contributed by atoms with Crippen LogP contribution in [0, 0.1) is 6.92 Å². The number of nitrogens with zero attached hydrogens (tertiary/aromatic N) is 1. The van der Waals surface area contributed by atoms with Gasteiger partial charge in [-0.1, -0.05) is 12.5 Å². The minimum Gasteiger partial charge on any atom is -0.398 e. The molecule has 1 saturated heterocycles. The number of likely N-dealkylation sites (tertiary alicyclic amines) is 1. The SMILES string of the molecule is Cc1c(N)cccc1NC(=O)C(C)N1CCCCC1CO. The number of hydrogen-bond acceptors (Lipinski definition) is 4. The third-order valence-electron chi connectivity index (χ3n) is 4.39. The van der Waals surface area contributed by atoms with Crippen LogP contribution >= 0.6 is 0 Å². The molecule has 21 heavy (non-hydrogen) atoms. The van der Waals surface area contributed by atoms with Crippen molar-refractivity contribution in [2.24, 2.45) is 0 Å². The van der Waals surface area contributed by atoms with E-state index in [1.54, 1.807) is 0 Å². The molecule has 5 heteroatoms. The monoisotopic (exact) mass is 291 g/mol. The van der Waals surface area contributed by atoms with Gasteiger partial charge in [-0.25, -0.2) is 0 Å². The highest BCUT2D eigenvalue weighted by atomic mass is 16.3. The summed E-state index contributed by atoms with van der Waals surface area (Å²) >= 11 is 0. The third-order valence-corrected chi connectivity index (χ3v) is 4.39. The number of piperidine rings is 1. The van der Waals surface area contributed by atoms with Crippen molar-refractivity contribution >= 4 is 17.3 Å². The van der Waals surface area contributed by atoms with Crippen LogP contribution in [0.25, 0.3) is 0 Å². The van der Waals surface area contributed by atoms with Gasteiger partial charge in [-0.3, -0.25) is 9.69 Å². The largest absolute Gasteiger partial charge is 0.398 e. The number of benzene rings is 1. The molecule has 0 aliphatic carbocycles. The molecule has 5 nitrogen and oxygen atoms in total. The van der Waals surface area contributed by atoms with Crippen molar-refractivity contribution in [3.8, 4) is 0 Å². The molecule has 116 valence electrons. The van der Waals surface area contributed by atoms with E-state index in [1.807, 2.05) is 32.0 Å². The number of aliphatic hydroxyl groups excluding tert-OH is 1. The fourth-order valence-corrected chi connectivity index (χ4v) is 2.91. The Morgan fingerprint density at radius 1 is 1.52 bits per heavy atom. The number of nitrogens with two attached hydrogens (primary N) is 1. The zero-order valence-corrected chi connectivity index (χ0v) is 12.8. The highest BCUT2D eigenvalue weighted by molar-refractivity contribution is 5.95. The van der Waals surface area contributed by atoms with Gasteiger partial charge >= 0.3 is 0 Å². The first-order valence-corrected chi connectivity index (χ1v) is 7.57. The van der Waals surface area contributed by atoms with Gasteiger partial charge in [0.1, 0.15) is 0 Å². The number of carbonyl (C=O) groups is 1. The van der Waals surface area contributed by atoms with E-state index in [1.165, 1.54) is 0 Å². The van der Waals surface area contributed by atoms with Gasteiger partial charge in [0.15, 0.2) is 0 Å². The standard InChI is InChI=1S/C16H25N3O2/c1-11-14(17)7-5-8-15(11)18-16(21)12(2)19-9-4-3-6-13(19)10-20/h5,7-8,12-13,20H,3-4,6,9-10,17H2,1-2H3,(H,18,21). The van der Waals surface area contributed by atoms with E-state index >= 15 is 0 Å². The average molecular weight is 291 g/mol. The molecular formula is C16H25N3O2. The predicted molar refractivity (Wildman–Crippen MR) is 85.1 cm³/mol. The van der Waals surface area contributed by atoms with Gasteiger partial charge in [0.05, 0.1) is 12.6 Å². The lowest BCUT2D eigenvalue weighted by molar-refractivity contribution is -0.122. The maximum atomic E-state index is 12.5. The van der Waals surface area contributed by atoms with Crippen LogP contribution in [0.15, 0.2) is 18.2 Å². The van der Waals surface area contributed by atoms with Crippen molar-refractivity contribution in [1.82, 2.24) is 4.90 Å². The molecule has 1 aromatic rings. The molecule has 4 N–H and O–H groups in total. The van der Waals surface area contributed by atoms with E-state index in [0.29, 0.717) is 5.69 Å². The number of hydrogen-bond donors (Lipinski definition) is 3. The Kier molecular flexibility index (Phi) is 5.20. The van der Waals surface area contributed by atoms with Crippen LogP contribution in [0.3, 0.4) is 0 Å². The summed E-state index contributed by atoms with van der Waals surface area (Å²) in [5, 5.41) is 12.4. The number of nitrogens with one attached hydrogen (secondary N) is 1. The summed E-state index contributed by atoms with van der Waals surface area (Å²) in [4.78, 5) is 14.6. The van der Waals surface area contributed by atoms with E-state index in [-0.39, 0.29) is 24.6 Å². The summed E-state index contributed by atoms with van der Waals surface area (Å²) in [6.07, 6.45) is 3.14. The zero-order valence-electron chi connectivity index (χ0n) is 12.8. The third kappa shape index (κ3) is 3.54. The lowest BCUT2D eigenvalue weighted by Crippen LogP contribution is -2.51. The molecule has 1 heterocycles. The molecule has 0 radical (unpaired) electrons. The van der Waals surface area contributed by atoms with E-state index in [0.717, 1.165) is 37.1 Å². The normalized spacial score (nSPS) is 21.0. The summed E-state index contributed by atoms with van der Waals surface area (Å²) in [6.45, 7) is 4.75. The number of carbonyl (C=O) groups excluding carboxylic acids is 1. The Morgan fingerprint density at radius 2 is 2.29 bits per heavy atom. The lowest BCUT2D eigenvalue weighted by Gasteiger charge is -2.38. The molecule has 1 amide bonds. The molecule has 2 rings (SSSR count). The average Bonchev–Trinajstić information content (AvgIpc) is 2.51. The van der Waals surface area contributed by atoms with Crippen LogP contribution in [-0.2, 0) is 4.79 Å². The number of nitrogen functional groups attached to an aromatic ring is 1. The first kappa shape index (κ1) is 15.8. The first-order valence-electron chi connectivity index (χ1n) is 7.57. The van der Waals surface area contributed by atoms with Crippen molar-refractivity contribution in [2.45, 2.75) is 45.2 Å². The maximum Gasteiger partial charge on any atom is 0.241 e. The maximum absolute atomic E-state index is 12.5. The van der Waals surface area contributed by atoms with Crippen LogP contribution < -0.4 is 11.1 Å². The van der Waals surface area contributed by atoms with Gasteiger partial charge < -0.3 is 16.2 Å². The van der Waals surface area contributed by atoms with Crippen LogP contribution in [-0.4, -0.2) is 41.1 Å². The van der Waals surface area contributed by atoms with Crippen molar-refractivity contribution in [1.29, 1.82) is 0 Å². The van der Waals surface area contributed by atoms with E-state index in [9.17, 15) is 9.90 Å². The van der Waals surface area contributed by atoms with Crippen molar-refractivity contribution in [3.63, 3.8) is 0 Å². The minimum atomic E-state index is -0.261. The van der Waals surface area contributed by atoms with Crippen molar-refractivity contribution in [2.75, 3.05) is 24.2 Å². The Bertz CT molecular complexity index is 504. The van der Waals surface area contributed by atoms with Gasteiger partial charge in [0.2, 0.25) is 5.91 Å². The Hall–Kier alpha value is -1.59. The predicted octanol–water partition coefficient (Wildman–Crippen LogP) is 1.75. The molecule has 0 bridgehead atoms. The van der Waals surface area contributed by atoms with Crippen LogP contribution in [0.2, 0.25) is 0 Å². The topological polar surface area (TPSA) is 78.6 Å². The molecular weight excluding hydrogens is 266 g/mol. The molecule has 0 spiro atoms. The van der Waals surface area contributed by atoms with Gasteiger partial charge in [-0.2, -0.15) is 0 Å². The van der Waals surface area contributed by atoms with E-state index in [2.05, 4.69) is 10.2 Å². The molecule has 1 fully saturated rings. The molecule has 0 saturated carbocycles. The highest BCUT2D eigenvalue weighted by Crippen LogP contribution is 2.23. The Balaban J connectivity index is 2.06. The minimum absolute atomic E-state index is 0.0518.